The standard InChI is InChI=1S/C11H7BrFNO2/c12-7-3-4-9(8(13)6-7)16-10-2-1-5-14-11(10)15/h1-6H,(H,14,15). The van der Waals surface area contributed by atoms with E-state index in [9.17, 15) is 9.18 Å². The molecule has 0 aliphatic carbocycles. The Bertz CT molecular complexity index is 568. The van der Waals surface area contributed by atoms with Crippen LogP contribution < -0.4 is 10.3 Å². The summed E-state index contributed by atoms with van der Waals surface area (Å²) in [6.45, 7) is 0. The van der Waals surface area contributed by atoms with Crippen molar-refractivity contribution in [3.63, 3.8) is 0 Å². The lowest BCUT2D eigenvalue weighted by Gasteiger charge is -2.05. The van der Waals surface area contributed by atoms with Gasteiger partial charge in [-0.2, -0.15) is 0 Å². The summed E-state index contributed by atoms with van der Waals surface area (Å²) in [6, 6.07) is 7.43. The lowest BCUT2D eigenvalue weighted by atomic mass is 10.3. The Hall–Kier alpha value is -1.62. The first-order valence-corrected chi connectivity index (χ1v) is 5.27. The van der Waals surface area contributed by atoms with Gasteiger partial charge in [0.15, 0.2) is 17.3 Å². The van der Waals surface area contributed by atoms with Crippen molar-refractivity contribution in [2.45, 2.75) is 0 Å². The van der Waals surface area contributed by atoms with E-state index >= 15 is 0 Å². The van der Waals surface area contributed by atoms with Crippen molar-refractivity contribution >= 4 is 15.9 Å². The number of rotatable bonds is 2. The SMILES string of the molecule is O=c1[nH]cccc1Oc1ccc(Br)cc1F. The number of nitrogens with one attached hydrogen (secondary N) is 1. The van der Waals surface area contributed by atoms with Gasteiger partial charge in [-0.25, -0.2) is 4.39 Å². The molecule has 0 aliphatic heterocycles. The van der Waals surface area contributed by atoms with Gasteiger partial charge in [0.2, 0.25) is 0 Å². The number of aromatic amines is 1. The summed E-state index contributed by atoms with van der Waals surface area (Å²) in [5, 5.41) is 0. The van der Waals surface area contributed by atoms with Crippen LogP contribution in [0.15, 0.2) is 45.8 Å². The molecule has 1 aromatic heterocycles. The maximum atomic E-state index is 13.4. The zero-order valence-electron chi connectivity index (χ0n) is 8.04. The number of aromatic nitrogens is 1. The zero-order valence-corrected chi connectivity index (χ0v) is 9.62. The summed E-state index contributed by atoms with van der Waals surface area (Å²) in [6.07, 6.45) is 1.48. The van der Waals surface area contributed by atoms with Crippen LogP contribution in [-0.2, 0) is 0 Å². The van der Waals surface area contributed by atoms with Crippen molar-refractivity contribution in [1.29, 1.82) is 0 Å². The van der Waals surface area contributed by atoms with Gasteiger partial charge < -0.3 is 9.72 Å². The maximum absolute atomic E-state index is 13.4. The van der Waals surface area contributed by atoms with E-state index in [1.165, 1.54) is 24.4 Å². The van der Waals surface area contributed by atoms with E-state index in [1.54, 1.807) is 12.1 Å². The van der Waals surface area contributed by atoms with Crippen molar-refractivity contribution in [2.24, 2.45) is 0 Å². The highest BCUT2D eigenvalue weighted by Crippen LogP contribution is 2.24. The molecule has 0 saturated heterocycles. The molecular formula is C11H7BrFNO2. The van der Waals surface area contributed by atoms with E-state index in [2.05, 4.69) is 20.9 Å². The van der Waals surface area contributed by atoms with E-state index < -0.39 is 11.4 Å². The summed E-state index contributed by atoms with van der Waals surface area (Å²) in [5.41, 5.74) is -0.398. The van der Waals surface area contributed by atoms with Crippen molar-refractivity contribution in [3.05, 3.63) is 57.2 Å². The summed E-state index contributed by atoms with van der Waals surface area (Å²) < 4.78 is 19.2. The van der Waals surface area contributed by atoms with Crippen LogP contribution in [0.1, 0.15) is 0 Å². The molecular weight excluding hydrogens is 277 g/mol. The molecule has 16 heavy (non-hydrogen) atoms. The molecule has 0 saturated carbocycles. The third-order valence-electron chi connectivity index (χ3n) is 1.90. The third-order valence-corrected chi connectivity index (χ3v) is 2.39. The van der Waals surface area contributed by atoms with Crippen LogP contribution in [0.4, 0.5) is 4.39 Å². The lowest BCUT2D eigenvalue weighted by molar-refractivity contribution is 0.436. The smallest absolute Gasteiger partial charge is 0.290 e. The Kier molecular flexibility index (Phi) is 3.05. The molecule has 2 aromatic rings. The molecule has 0 bridgehead atoms. The second-order valence-corrected chi connectivity index (χ2v) is 3.96. The number of hydrogen-bond acceptors (Lipinski definition) is 2. The molecule has 5 heteroatoms. The van der Waals surface area contributed by atoms with Gasteiger partial charge in [0.05, 0.1) is 0 Å². The van der Waals surface area contributed by atoms with Crippen molar-refractivity contribution in [1.82, 2.24) is 4.98 Å². The number of hydrogen-bond donors (Lipinski definition) is 1. The quantitative estimate of drug-likeness (QED) is 0.920. The minimum atomic E-state index is -0.530. The molecule has 0 fully saturated rings. The van der Waals surface area contributed by atoms with Gasteiger partial charge in [0.1, 0.15) is 0 Å². The van der Waals surface area contributed by atoms with Crippen molar-refractivity contribution in [3.8, 4) is 11.5 Å². The molecule has 2 rings (SSSR count). The van der Waals surface area contributed by atoms with Crippen LogP contribution >= 0.6 is 15.9 Å². The minimum Gasteiger partial charge on any atom is -0.448 e. The normalized spacial score (nSPS) is 10.1. The van der Waals surface area contributed by atoms with Gasteiger partial charge in [0, 0.05) is 10.7 Å². The Balaban J connectivity index is 2.35. The summed E-state index contributed by atoms with van der Waals surface area (Å²) >= 11 is 3.13. The molecule has 3 nitrogen and oxygen atoms in total. The van der Waals surface area contributed by atoms with E-state index in [0.29, 0.717) is 4.47 Å². The largest absolute Gasteiger partial charge is 0.448 e. The monoisotopic (exact) mass is 283 g/mol. The first-order chi connectivity index (χ1) is 7.66. The fourth-order valence-corrected chi connectivity index (χ4v) is 1.50. The van der Waals surface area contributed by atoms with Crippen LogP contribution in [0, 0.1) is 5.82 Å². The topological polar surface area (TPSA) is 42.1 Å². The fourth-order valence-electron chi connectivity index (χ4n) is 1.16. The number of benzene rings is 1. The van der Waals surface area contributed by atoms with Crippen LogP contribution in [0.3, 0.4) is 0 Å². The molecule has 1 aromatic carbocycles. The number of pyridine rings is 1. The Morgan fingerprint density at radius 1 is 1.25 bits per heavy atom. The van der Waals surface area contributed by atoms with E-state index in [4.69, 9.17) is 4.74 Å². The van der Waals surface area contributed by atoms with Gasteiger partial charge in [0.25, 0.3) is 5.56 Å². The van der Waals surface area contributed by atoms with Crippen molar-refractivity contribution in [2.75, 3.05) is 0 Å². The maximum Gasteiger partial charge on any atom is 0.290 e. The molecule has 0 aliphatic rings. The Labute approximate surface area is 99.0 Å². The lowest BCUT2D eigenvalue weighted by Crippen LogP contribution is -2.07. The second-order valence-electron chi connectivity index (χ2n) is 3.04. The first-order valence-electron chi connectivity index (χ1n) is 4.47. The molecule has 1 N–H and O–H groups in total. The van der Waals surface area contributed by atoms with Crippen molar-refractivity contribution < 1.29 is 9.13 Å². The molecule has 1 heterocycles. The van der Waals surface area contributed by atoms with Gasteiger partial charge in [-0.1, -0.05) is 15.9 Å². The number of halogens is 2. The average Bonchev–Trinajstić information content (AvgIpc) is 2.25. The fraction of sp³-hybridized carbons (Fsp3) is 0. The minimum absolute atomic E-state index is 0.0138. The Morgan fingerprint density at radius 3 is 2.75 bits per heavy atom. The van der Waals surface area contributed by atoms with Gasteiger partial charge in [-0.15, -0.1) is 0 Å². The van der Waals surface area contributed by atoms with Crippen LogP contribution in [0.2, 0.25) is 0 Å². The van der Waals surface area contributed by atoms with E-state index in [-0.39, 0.29) is 11.5 Å². The molecule has 0 unspecified atom stereocenters. The van der Waals surface area contributed by atoms with Crippen LogP contribution in [-0.4, -0.2) is 4.98 Å². The van der Waals surface area contributed by atoms with E-state index in [0.717, 1.165) is 0 Å². The highest BCUT2D eigenvalue weighted by molar-refractivity contribution is 9.10. The molecule has 0 spiro atoms. The number of ether oxygens (including phenoxy) is 1. The predicted octanol–water partition coefficient (Wildman–Crippen LogP) is 3.07. The summed E-state index contributed by atoms with van der Waals surface area (Å²) in [7, 11) is 0. The predicted molar refractivity (Wildman–Crippen MR) is 61.2 cm³/mol. The van der Waals surface area contributed by atoms with E-state index in [1.807, 2.05) is 0 Å². The van der Waals surface area contributed by atoms with Gasteiger partial charge >= 0.3 is 0 Å². The summed E-state index contributed by atoms with van der Waals surface area (Å²) in [4.78, 5) is 13.7. The van der Waals surface area contributed by atoms with Crippen LogP contribution in [0.5, 0.6) is 11.5 Å². The Morgan fingerprint density at radius 2 is 2.06 bits per heavy atom. The second kappa shape index (κ2) is 4.49. The van der Waals surface area contributed by atoms with Gasteiger partial charge in [-0.05, 0) is 30.3 Å². The highest BCUT2D eigenvalue weighted by Gasteiger charge is 2.07. The first kappa shape index (κ1) is 10.9. The highest BCUT2D eigenvalue weighted by atomic mass is 79.9. The van der Waals surface area contributed by atoms with Gasteiger partial charge in [-0.3, -0.25) is 4.79 Å². The van der Waals surface area contributed by atoms with Crippen LogP contribution in [0.25, 0.3) is 0 Å². The molecule has 0 amide bonds. The number of H-pyrrole nitrogens is 1. The summed E-state index contributed by atoms with van der Waals surface area (Å²) in [5.74, 6) is -0.457. The average molecular weight is 284 g/mol. The zero-order chi connectivity index (χ0) is 11.5. The molecule has 0 radical (unpaired) electrons. The molecule has 82 valence electrons. The molecule has 0 atom stereocenters. The third kappa shape index (κ3) is 2.30.